The zero-order valence-electron chi connectivity index (χ0n) is 24.7. The van der Waals surface area contributed by atoms with Crippen LogP contribution in [-0.4, -0.2) is 82.8 Å². The first-order chi connectivity index (χ1) is 20.3. The molecule has 2 aliphatic heterocycles. The number of fused-ring (bicyclic) bond motifs is 1. The second-order valence-electron chi connectivity index (χ2n) is 11.3. The Bertz CT molecular complexity index is 1680. The first kappa shape index (κ1) is 30.9. The number of benzene rings is 3. The maximum atomic E-state index is 15.1. The molecule has 9 nitrogen and oxygen atoms in total. The molecule has 43 heavy (non-hydrogen) atoms. The van der Waals surface area contributed by atoms with E-state index in [1.165, 1.54) is 24.1 Å². The van der Waals surface area contributed by atoms with Gasteiger partial charge in [-0.2, -0.15) is 0 Å². The molecule has 2 amide bonds. The fraction of sp³-hybridized carbons (Fsp3) is 0.355. The summed E-state index contributed by atoms with van der Waals surface area (Å²) in [5.41, 5.74) is -0.0758. The molecule has 0 radical (unpaired) electrons. The third-order valence-corrected chi connectivity index (χ3v) is 9.92. The van der Waals surface area contributed by atoms with Gasteiger partial charge in [0.25, 0.3) is 15.9 Å². The summed E-state index contributed by atoms with van der Waals surface area (Å²) < 4.78 is 48.9. The zero-order valence-corrected chi connectivity index (χ0v) is 26.2. The molecule has 2 heterocycles. The highest BCUT2D eigenvalue weighted by molar-refractivity contribution is 7.93. The van der Waals surface area contributed by atoms with Gasteiger partial charge in [0.05, 0.1) is 23.7 Å². The predicted molar refractivity (Wildman–Crippen MR) is 162 cm³/mol. The second kappa shape index (κ2) is 11.5. The summed E-state index contributed by atoms with van der Waals surface area (Å²) in [6.45, 7) is 0.922. The minimum atomic E-state index is -4.53. The lowest BCUT2D eigenvalue weighted by Gasteiger charge is -2.42. The first-order valence-corrected chi connectivity index (χ1v) is 15.6. The van der Waals surface area contributed by atoms with E-state index in [2.05, 4.69) is 0 Å². The lowest BCUT2D eigenvalue weighted by molar-refractivity contribution is -0.138. The van der Waals surface area contributed by atoms with Gasteiger partial charge in [-0.25, -0.2) is 17.1 Å². The van der Waals surface area contributed by atoms with Crippen LogP contribution in [0.25, 0.3) is 0 Å². The third kappa shape index (κ3) is 5.08. The summed E-state index contributed by atoms with van der Waals surface area (Å²) >= 11 is 6.54. The van der Waals surface area contributed by atoms with Crippen molar-refractivity contribution in [3.8, 4) is 5.75 Å². The minimum absolute atomic E-state index is 0.0982. The van der Waals surface area contributed by atoms with Crippen LogP contribution in [0, 0.1) is 5.82 Å². The number of sulfonamides is 1. The normalized spacial score (nSPS) is 20.5. The van der Waals surface area contributed by atoms with Gasteiger partial charge in [-0.15, -0.1) is 0 Å². The number of likely N-dealkylation sites (tertiary alicyclic amines) is 1. The number of nitrogens with zero attached hydrogens (tertiary/aromatic N) is 4. The van der Waals surface area contributed by atoms with Crippen LogP contribution in [0.4, 0.5) is 10.1 Å². The molecule has 2 aliphatic rings. The van der Waals surface area contributed by atoms with Crippen molar-refractivity contribution < 1.29 is 27.1 Å². The lowest BCUT2D eigenvalue weighted by atomic mass is 9.80. The van der Waals surface area contributed by atoms with E-state index in [0.29, 0.717) is 42.8 Å². The molecule has 1 unspecified atom stereocenters. The van der Waals surface area contributed by atoms with Crippen molar-refractivity contribution in [3.05, 3.63) is 88.2 Å². The summed E-state index contributed by atoms with van der Waals surface area (Å²) in [4.78, 5) is 33.7. The Labute approximate surface area is 256 Å². The Balaban J connectivity index is 1.85. The summed E-state index contributed by atoms with van der Waals surface area (Å²) in [6.07, 6.45) is 1.06. The zero-order chi connectivity index (χ0) is 31.3. The second-order valence-corrected chi connectivity index (χ2v) is 13.5. The highest BCUT2D eigenvalue weighted by Crippen LogP contribution is 2.55. The topological polar surface area (TPSA) is 90.5 Å². The summed E-state index contributed by atoms with van der Waals surface area (Å²) in [5.74, 6) is -1.26. The Morgan fingerprint density at radius 1 is 1.05 bits per heavy atom. The average Bonchev–Trinajstić information content (AvgIpc) is 3.53. The van der Waals surface area contributed by atoms with Crippen LogP contribution in [0.15, 0.2) is 65.6 Å². The third-order valence-electron chi connectivity index (χ3n) is 7.98. The fourth-order valence-corrected chi connectivity index (χ4v) is 7.84. The van der Waals surface area contributed by atoms with Gasteiger partial charge in [-0.1, -0.05) is 23.7 Å². The van der Waals surface area contributed by atoms with Crippen molar-refractivity contribution in [1.29, 1.82) is 0 Å². The molecule has 3 aromatic carbocycles. The van der Waals surface area contributed by atoms with E-state index in [1.807, 2.05) is 31.1 Å². The summed E-state index contributed by atoms with van der Waals surface area (Å²) in [7, 11) is 4.11. The molecule has 0 aromatic heterocycles. The van der Waals surface area contributed by atoms with Crippen molar-refractivity contribution in [1.82, 2.24) is 14.7 Å². The number of ether oxygens (including phenoxy) is 1. The van der Waals surface area contributed by atoms with Crippen molar-refractivity contribution >= 4 is 39.1 Å². The van der Waals surface area contributed by atoms with E-state index >= 15 is 4.79 Å². The SMILES string of the molecule is COc1cc(CN(C)C)ccc1[C@]1(N2CCCC2C(=O)N(C)C)C(=O)N(S(=O)(=O)c2ccc(F)cc2)c2ccc(Cl)cc21. The van der Waals surface area contributed by atoms with Crippen molar-refractivity contribution in [2.24, 2.45) is 0 Å². The van der Waals surface area contributed by atoms with Gasteiger partial charge in [0.2, 0.25) is 5.91 Å². The number of halogens is 2. The fourth-order valence-electron chi connectivity index (χ4n) is 6.21. The number of hydrogen-bond acceptors (Lipinski definition) is 7. The highest BCUT2D eigenvalue weighted by atomic mass is 35.5. The maximum absolute atomic E-state index is 15.1. The molecule has 2 atom stereocenters. The van der Waals surface area contributed by atoms with Crippen molar-refractivity contribution in [2.45, 2.75) is 35.9 Å². The molecule has 12 heteroatoms. The largest absolute Gasteiger partial charge is 0.496 e. The monoisotopic (exact) mass is 628 g/mol. The van der Waals surface area contributed by atoms with Crippen molar-refractivity contribution in [3.63, 3.8) is 0 Å². The smallest absolute Gasteiger partial charge is 0.271 e. The van der Waals surface area contributed by atoms with Gasteiger partial charge in [-0.3, -0.25) is 14.5 Å². The molecular formula is C31H34ClFN4O5S. The molecule has 1 saturated heterocycles. The first-order valence-electron chi connectivity index (χ1n) is 13.8. The van der Waals surface area contributed by atoms with Crippen LogP contribution < -0.4 is 9.04 Å². The lowest BCUT2D eigenvalue weighted by Crippen LogP contribution is -2.59. The molecule has 3 aromatic rings. The van der Waals surface area contributed by atoms with Crippen LogP contribution in [0.3, 0.4) is 0 Å². The van der Waals surface area contributed by atoms with E-state index in [0.717, 1.165) is 34.1 Å². The number of amides is 2. The molecule has 0 saturated carbocycles. The van der Waals surface area contributed by atoms with Gasteiger partial charge in [0, 0.05) is 43.3 Å². The maximum Gasteiger partial charge on any atom is 0.271 e. The summed E-state index contributed by atoms with van der Waals surface area (Å²) in [5, 5.41) is 0.287. The van der Waals surface area contributed by atoms with Gasteiger partial charge in [-0.05, 0) is 81.0 Å². The Hall–Kier alpha value is -3.51. The van der Waals surface area contributed by atoms with Crippen LogP contribution in [-0.2, 0) is 31.7 Å². The van der Waals surface area contributed by atoms with Crippen molar-refractivity contribution in [2.75, 3.05) is 46.2 Å². The molecule has 228 valence electrons. The molecule has 0 N–H and O–H groups in total. The minimum Gasteiger partial charge on any atom is -0.496 e. The van der Waals surface area contributed by atoms with E-state index in [-0.39, 0.29) is 21.5 Å². The quantitative estimate of drug-likeness (QED) is 0.371. The van der Waals surface area contributed by atoms with Gasteiger partial charge >= 0.3 is 0 Å². The number of carbonyl (C=O) groups excluding carboxylic acids is 2. The number of likely N-dealkylation sites (N-methyl/N-ethyl adjacent to an activating group) is 1. The number of hydrogen-bond donors (Lipinski definition) is 0. The Morgan fingerprint density at radius 2 is 1.74 bits per heavy atom. The van der Waals surface area contributed by atoms with Gasteiger partial charge < -0.3 is 14.5 Å². The molecule has 5 rings (SSSR count). The molecule has 0 aliphatic carbocycles. The highest BCUT2D eigenvalue weighted by Gasteiger charge is 2.63. The van der Waals surface area contributed by atoms with E-state index < -0.39 is 33.3 Å². The number of carbonyl (C=O) groups is 2. The van der Waals surface area contributed by atoms with E-state index in [1.54, 1.807) is 31.1 Å². The number of rotatable bonds is 8. The van der Waals surface area contributed by atoms with Gasteiger partial charge in [0.1, 0.15) is 11.6 Å². The molecule has 1 fully saturated rings. The average molecular weight is 629 g/mol. The Kier molecular flexibility index (Phi) is 8.30. The predicted octanol–water partition coefficient (Wildman–Crippen LogP) is 4.08. The number of methoxy groups -OCH3 is 1. The molecular weight excluding hydrogens is 595 g/mol. The molecule has 0 bridgehead atoms. The number of anilines is 1. The Morgan fingerprint density at radius 3 is 2.37 bits per heavy atom. The van der Waals surface area contributed by atoms with E-state index in [9.17, 15) is 17.6 Å². The molecule has 0 spiro atoms. The van der Waals surface area contributed by atoms with Crippen LogP contribution in [0.1, 0.15) is 29.5 Å². The van der Waals surface area contributed by atoms with E-state index in [4.69, 9.17) is 16.3 Å². The van der Waals surface area contributed by atoms with Gasteiger partial charge in [0.15, 0.2) is 5.54 Å². The standard InChI is InChI=1S/C31H34ClFN4O5S/c1-34(2)19-20-8-14-24(28(17-20)42-5)31(36-16-6-7-27(36)29(38)35(3)4)25-18-21(32)9-15-26(25)37(30(31)39)43(40,41)23-12-10-22(33)11-13-23/h8-15,17-18,27H,6-7,16,19H2,1-5H3/t27?,31-/m1/s1. The van der Waals surface area contributed by atoms with Crippen LogP contribution in [0.5, 0.6) is 5.75 Å². The summed E-state index contributed by atoms with van der Waals surface area (Å²) in [6, 6.07) is 13.6. The van der Waals surface area contributed by atoms with Crippen LogP contribution in [0.2, 0.25) is 5.02 Å². The van der Waals surface area contributed by atoms with Crippen LogP contribution >= 0.6 is 11.6 Å².